The van der Waals surface area contributed by atoms with Gasteiger partial charge in [0.05, 0.1) is 12.7 Å². The molecule has 24 heavy (non-hydrogen) atoms. The standard InChI is InChI=1S/C21H16O3/c1-23-18-9-8-15-10-14(6-7-16(15)12-18)11-17-13-24-20-5-3-2-4-19(20)21(17)22/h2-12H,13H2,1H3/b17-11-. The summed E-state index contributed by atoms with van der Waals surface area (Å²) in [5, 5.41) is 2.21. The van der Waals surface area contributed by atoms with Gasteiger partial charge in [-0.1, -0.05) is 30.3 Å². The van der Waals surface area contributed by atoms with E-state index in [-0.39, 0.29) is 5.78 Å². The fourth-order valence-electron chi connectivity index (χ4n) is 2.94. The Morgan fingerprint density at radius 2 is 1.79 bits per heavy atom. The molecule has 0 aliphatic carbocycles. The van der Waals surface area contributed by atoms with Gasteiger partial charge in [0.2, 0.25) is 0 Å². The molecule has 0 saturated heterocycles. The van der Waals surface area contributed by atoms with Gasteiger partial charge in [0, 0.05) is 5.57 Å². The van der Waals surface area contributed by atoms with Crippen molar-refractivity contribution in [2.24, 2.45) is 0 Å². The Morgan fingerprint density at radius 3 is 2.67 bits per heavy atom. The molecular weight excluding hydrogens is 300 g/mol. The second-order valence-corrected chi connectivity index (χ2v) is 5.76. The van der Waals surface area contributed by atoms with Crippen LogP contribution >= 0.6 is 0 Å². The van der Waals surface area contributed by atoms with Crippen molar-refractivity contribution >= 4 is 22.6 Å². The highest BCUT2D eigenvalue weighted by molar-refractivity contribution is 6.14. The van der Waals surface area contributed by atoms with Crippen LogP contribution in [0.4, 0.5) is 0 Å². The summed E-state index contributed by atoms with van der Waals surface area (Å²) in [4.78, 5) is 12.6. The maximum absolute atomic E-state index is 12.6. The summed E-state index contributed by atoms with van der Waals surface area (Å²) < 4.78 is 10.9. The maximum Gasteiger partial charge on any atom is 0.196 e. The number of carbonyl (C=O) groups excluding carboxylic acids is 1. The van der Waals surface area contributed by atoms with Crippen molar-refractivity contribution in [3.8, 4) is 11.5 Å². The molecule has 0 atom stereocenters. The van der Waals surface area contributed by atoms with Crippen molar-refractivity contribution in [1.29, 1.82) is 0 Å². The van der Waals surface area contributed by atoms with E-state index in [4.69, 9.17) is 9.47 Å². The van der Waals surface area contributed by atoms with Crippen molar-refractivity contribution in [3.05, 3.63) is 77.4 Å². The maximum atomic E-state index is 12.6. The van der Waals surface area contributed by atoms with Gasteiger partial charge in [-0.2, -0.15) is 0 Å². The highest BCUT2D eigenvalue weighted by Crippen LogP contribution is 2.28. The summed E-state index contributed by atoms with van der Waals surface area (Å²) in [6.07, 6.45) is 1.90. The van der Waals surface area contributed by atoms with Crippen LogP contribution in [0.1, 0.15) is 15.9 Å². The highest BCUT2D eigenvalue weighted by atomic mass is 16.5. The summed E-state index contributed by atoms with van der Waals surface area (Å²) in [5.41, 5.74) is 2.28. The molecule has 3 nitrogen and oxygen atoms in total. The number of ether oxygens (including phenoxy) is 2. The molecule has 3 aromatic carbocycles. The minimum absolute atomic E-state index is 0.0340. The van der Waals surface area contributed by atoms with Gasteiger partial charge in [-0.25, -0.2) is 0 Å². The lowest BCUT2D eigenvalue weighted by atomic mass is 9.97. The van der Waals surface area contributed by atoms with Crippen LogP contribution in [0.15, 0.2) is 66.2 Å². The van der Waals surface area contributed by atoms with Gasteiger partial charge < -0.3 is 9.47 Å². The molecule has 1 heterocycles. The first-order chi connectivity index (χ1) is 11.7. The van der Waals surface area contributed by atoms with Crippen molar-refractivity contribution in [1.82, 2.24) is 0 Å². The normalized spacial score (nSPS) is 15.2. The monoisotopic (exact) mass is 316 g/mol. The van der Waals surface area contributed by atoms with Crippen LogP contribution < -0.4 is 9.47 Å². The van der Waals surface area contributed by atoms with E-state index in [0.29, 0.717) is 23.5 Å². The predicted molar refractivity (Wildman–Crippen MR) is 94.7 cm³/mol. The molecular formula is C21H16O3. The number of benzene rings is 3. The number of methoxy groups -OCH3 is 1. The fraction of sp³-hybridized carbons (Fsp3) is 0.0952. The zero-order valence-electron chi connectivity index (χ0n) is 13.3. The van der Waals surface area contributed by atoms with Gasteiger partial charge in [-0.3, -0.25) is 4.79 Å². The van der Waals surface area contributed by atoms with Crippen molar-refractivity contribution in [2.45, 2.75) is 0 Å². The van der Waals surface area contributed by atoms with Crippen molar-refractivity contribution in [3.63, 3.8) is 0 Å². The van der Waals surface area contributed by atoms with Gasteiger partial charge >= 0.3 is 0 Å². The van der Waals surface area contributed by atoms with E-state index in [0.717, 1.165) is 22.1 Å². The Labute approximate surface area is 140 Å². The minimum Gasteiger partial charge on any atom is -0.497 e. The van der Waals surface area contributed by atoms with Crippen molar-refractivity contribution in [2.75, 3.05) is 13.7 Å². The number of rotatable bonds is 2. The number of hydrogen-bond donors (Lipinski definition) is 0. The Bertz CT molecular complexity index is 970. The average molecular weight is 316 g/mol. The lowest BCUT2D eigenvalue weighted by molar-refractivity contribution is 0.100. The highest BCUT2D eigenvalue weighted by Gasteiger charge is 2.22. The summed E-state index contributed by atoms with van der Waals surface area (Å²) >= 11 is 0. The van der Waals surface area contributed by atoms with Gasteiger partial charge in [-0.15, -0.1) is 0 Å². The second kappa shape index (κ2) is 5.85. The largest absolute Gasteiger partial charge is 0.497 e. The smallest absolute Gasteiger partial charge is 0.196 e. The number of ketones is 1. The quantitative estimate of drug-likeness (QED) is 0.653. The van der Waals surface area contributed by atoms with Gasteiger partial charge in [0.15, 0.2) is 5.78 Å². The predicted octanol–water partition coefficient (Wildman–Crippen LogP) is 4.51. The second-order valence-electron chi connectivity index (χ2n) is 5.76. The first kappa shape index (κ1) is 14.5. The third-order valence-corrected chi connectivity index (χ3v) is 4.22. The van der Waals surface area contributed by atoms with Crippen LogP contribution in [0.2, 0.25) is 0 Å². The summed E-state index contributed by atoms with van der Waals surface area (Å²) in [5.74, 6) is 1.53. The van der Waals surface area contributed by atoms with Crippen LogP contribution in [0.5, 0.6) is 11.5 Å². The lowest BCUT2D eigenvalue weighted by Crippen LogP contribution is -2.18. The molecule has 0 aromatic heterocycles. The summed E-state index contributed by atoms with van der Waals surface area (Å²) in [7, 11) is 1.66. The Hall–Kier alpha value is -3.07. The Balaban J connectivity index is 1.71. The number of hydrogen-bond acceptors (Lipinski definition) is 3. The molecule has 3 aromatic rings. The number of carbonyl (C=O) groups is 1. The fourth-order valence-corrected chi connectivity index (χ4v) is 2.94. The molecule has 0 bridgehead atoms. The number of fused-ring (bicyclic) bond motifs is 2. The molecule has 0 saturated carbocycles. The molecule has 0 radical (unpaired) electrons. The summed E-state index contributed by atoms with van der Waals surface area (Å²) in [6.45, 7) is 0.302. The minimum atomic E-state index is 0.0340. The molecule has 0 spiro atoms. The van der Waals surface area contributed by atoms with E-state index < -0.39 is 0 Å². The molecule has 1 aliphatic heterocycles. The zero-order valence-corrected chi connectivity index (χ0v) is 13.3. The van der Waals surface area contributed by atoms with E-state index in [1.807, 2.05) is 54.6 Å². The number of Topliss-reactive ketones (excluding diaryl/α,β-unsaturated/α-hetero) is 1. The topological polar surface area (TPSA) is 35.5 Å². The van der Waals surface area contributed by atoms with Gasteiger partial charge in [0.25, 0.3) is 0 Å². The van der Waals surface area contributed by atoms with E-state index in [1.54, 1.807) is 13.2 Å². The van der Waals surface area contributed by atoms with E-state index in [2.05, 4.69) is 6.07 Å². The molecule has 0 unspecified atom stereocenters. The van der Waals surface area contributed by atoms with Gasteiger partial charge in [0.1, 0.15) is 18.1 Å². The Morgan fingerprint density at radius 1 is 1.00 bits per heavy atom. The molecule has 3 heteroatoms. The molecule has 1 aliphatic rings. The van der Waals surface area contributed by atoms with Crippen LogP contribution in [0, 0.1) is 0 Å². The molecule has 0 fully saturated rings. The van der Waals surface area contributed by atoms with Crippen LogP contribution in [0.3, 0.4) is 0 Å². The SMILES string of the molecule is COc1ccc2cc(/C=C3/COc4ccccc4C3=O)ccc2c1. The van der Waals surface area contributed by atoms with Crippen LogP contribution in [0.25, 0.3) is 16.8 Å². The average Bonchev–Trinajstić information content (AvgIpc) is 2.64. The van der Waals surface area contributed by atoms with Crippen LogP contribution in [-0.2, 0) is 0 Å². The molecule has 118 valence electrons. The molecule has 0 N–H and O–H groups in total. The first-order valence-electron chi connectivity index (χ1n) is 7.79. The molecule has 4 rings (SSSR count). The zero-order chi connectivity index (χ0) is 16.5. The van der Waals surface area contributed by atoms with E-state index >= 15 is 0 Å². The van der Waals surface area contributed by atoms with Crippen molar-refractivity contribution < 1.29 is 14.3 Å². The lowest BCUT2D eigenvalue weighted by Gasteiger charge is -2.18. The van der Waals surface area contributed by atoms with E-state index in [1.165, 1.54) is 0 Å². The van der Waals surface area contributed by atoms with Crippen LogP contribution in [-0.4, -0.2) is 19.5 Å². The number of para-hydroxylation sites is 1. The Kier molecular flexibility index (Phi) is 3.54. The summed E-state index contributed by atoms with van der Waals surface area (Å²) in [6, 6.07) is 19.4. The molecule has 0 amide bonds. The third kappa shape index (κ3) is 2.54. The third-order valence-electron chi connectivity index (χ3n) is 4.22. The van der Waals surface area contributed by atoms with Gasteiger partial charge in [-0.05, 0) is 52.7 Å². The van der Waals surface area contributed by atoms with E-state index in [9.17, 15) is 4.79 Å². The first-order valence-corrected chi connectivity index (χ1v) is 7.79.